The molecule has 0 saturated carbocycles. The van der Waals surface area contributed by atoms with Gasteiger partial charge in [-0.15, -0.1) is 0 Å². The molecule has 106 valence electrons. The van der Waals surface area contributed by atoms with Crippen LogP contribution in [0.1, 0.15) is 37.7 Å². The number of nitrogens with one attached hydrogen (secondary N) is 1. The summed E-state index contributed by atoms with van der Waals surface area (Å²) >= 11 is 3.45. The topological polar surface area (TPSA) is 37.8 Å². The fourth-order valence-corrected chi connectivity index (χ4v) is 2.13. The van der Waals surface area contributed by atoms with Crippen LogP contribution in [0.25, 0.3) is 0 Å². The van der Waals surface area contributed by atoms with E-state index in [1.54, 1.807) is 0 Å². The van der Waals surface area contributed by atoms with Gasteiger partial charge in [0.15, 0.2) is 0 Å². The minimum Gasteiger partial charge on any atom is -0.366 e. The molecule has 0 unspecified atom stereocenters. The quantitative estimate of drug-likeness (QED) is 0.843. The summed E-state index contributed by atoms with van der Waals surface area (Å²) < 4.78 is 0.809. The van der Waals surface area contributed by atoms with E-state index in [0.29, 0.717) is 0 Å². The first-order valence-electron chi connectivity index (χ1n) is 6.69. The van der Waals surface area contributed by atoms with Gasteiger partial charge in [-0.25, -0.2) is 9.97 Å². The van der Waals surface area contributed by atoms with Gasteiger partial charge in [-0.05, 0) is 28.4 Å². The fraction of sp³-hybridized carbons (Fsp3) is 0.375. The zero-order valence-corrected chi connectivity index (χ0v) is 14.0. The molecule has 3 nitrogen and oxygen atoms in total. The van der Waals surface area contributed by atoms with Gasteiger partial charge in [0, 0.05) is 18.0 Å². The molecule has 0 atom stereocenters. The van der Waals surface area contributed by atoms with Crippen LogP contribution >= 0.6 is 15.9 Å². The zero-order valence-electron chi connectivity index (χ0n) is 12.4. The smallest absolute Gasteiger partial charge is 0.137 e. The van der Waals surface area contributed by atoms with Crippen molar-refractivity contribution in [3.05, 3.63) is 51.9 Å². The predicted molar refractivity (Wildman–Crippen MR) is 86.9 cm³/mol. The summed E-state index contributed by atoms with van der Waals surface area (Å²) in [5.74, 6) is 1.68. The van der Waals surface area contributed by atoms with Gasteiger partial charge in [0.25, 0.3) is 0 Å². The molecule has 0 spiro atoms. The van der Waals surface area contributed by atoms with Crippen molar-refractivity contribution in [1.29, 1.82) is 0 Å². The number of aromatic nitrogens is 2. The predicted octanol–water partition coefficient (Wildman–Crippen LogP) is 4.46. The highest BCUT2D eigenvalue weighted by molar-refractivity contribution is 9.10. The molecule has 1 aromatic carbocycles. The van der Waals surface area contributed by atoms with Crippen molar-refractivity contribution in [2.24, 2.45) is 0 Å². The van der Waals surface area contributed by atoms with E-state index in [0.717, 1.165) is 22.8 Å². The summed E-state index contributed by atoms with van der Waals surface area (Å²) in [5, 5.41) is 3.35. The van der Waals surface area contributed by atoms with E-state index in [4.69, 9.17) is 0 Å². The van der Waals surface area contributed by atoms with E-state index in [1.807, 2.05) is 6.07 Å². The van der Waals surface area contributed by atoms with Crippen LogP contribution in [0, 0.1) is 6.92 Å². The second kappa shape index (κ2) is 5.92. The Bertz CT molecular complexity index is 586. The lowest BCUT2D eigenvalue weighted by molar-refractivity contribution is 0.544. The number of hydrogen-bond donors (Lipinski definition) is 1. The lowest BCUT2D eigenvalue weighted by atomic mass is 9.96. The molecule has 0 aliphatic rings. The molecule has 0 fully saturated rings. The molecule has 0 amide bonds. The van der Waals surface area contributed by atoms with E-state index >= 15 is 0 Å². The standard InChI is InChI=1S/C16H20BrN3/c1-11-5-7-12(8-6-11)10-18-14-9-13(17)19-15(20-14)16(2,3)4/h5-9H,10H2,1-4H3,(H,18,19,20). The molecule has 0 saturated heterocycles. The third kappa shape index (κ3) is 4.04. The molecule has 0 radical (unpaired) electrons. The molecular formula is C16H20BrN3. The Hall–Kier alpha value is -1.42. The maximum absolute atomic E-state index is 4.59. The van der Waals surface area contributed by atoms with Crippen LogP contribution in [-0.2, 0) is 12.0 Å². The average molecular weight is 334 g/mol. The van der Waals surface area contributed by atoms with Gasteiger partial charge in [0.2, 0.25) is 0 Å². The molecule has 1 N–H and O–H groups in total. The van der Waals surface area contributed by atoms with Crippen molar-refractivity contribution in [2.75, 3.05) is 5.32 Å². The van der Waals surface area contributed by atoms with Crippen molar-refractivity contribution in [2.45, 2.75) is 39.7 Å². The second-order valence-electron chi connectivity index (χ2n) is 5.99. The van der Waals surface area contributed by atoms with Crippen molar-refractivity contribution in [3.63, 3.8) is 0 Å². The van der Waals surface area contributed by atoms with E-state index in [1.165, 1.54) is 11.1 Å². The lowest BCUT2D eigenvalue weighted by Crippen LogP contribution is -2.17. The van der Waals surface area contributed by atoms with Crippen LogP contribution in [0.5, 0.6) is 0 Å². The number of rotatable bonds is 3. The van der Waals surface area contributed by atoms with Crippen LogP contribution in [0.15, 0.2) is 34.9 Å². The highest BCUT2D eigenvalue weighted by Crippen LogP contribution is 2.22. The summed E-state index contributed by atoms with van der Waals surface area (Å²) in [6.45, 7) is 9.18. The van der Waals surface area contributed by atoms with Gasteiger partial charge in [-0.1, -0.05) is 50.6 Å². The number of aryl methyl sites for hydroxylation is 1. The van der Waals surface area contributed by atoms with Crippen LogP contribution in [0.4, 0.5) is 5.82 Å². The van der Waals surface area contributed by atoms with Crippen LogP contribution < -0.4 is 5.32 Å². The molecule has 0 aliphatic heterocycles. The molecule has 0 aliphatic carbocycles. The summed E-state index contributed by atoms with van der Waals surface area (Å²) in [7, 11) is 0. The van der Waals surface area contributed by atoms with Gasteiger partial charge in [0.05, 0.1) is 0 Å². The van der Waals surface area contributed by atoms with Crippen LogP contribution in [0.2, 0.25) is 0 Å². The van der Waals surface area contributed by atoms with Gasteiger partial charge >= 0.3 is 0 Å². The maximum atomic E-state index is 4.59. The molecule has 1 aromatic heterocycles. The van der Waals surface area contributed by atoms with Gasteiger partial charge in [-0.3, -0.25) is 0 Å². The van der Waals surface area contributed by atoms with E-state index in [-0.39, 0.29) is 5.41 Å². The number of nitrogens with zero attached hydrogens (tertiary/aromatic N) is 2. The van der Waals surface area contributed by atoms with Crippen molar-refractivity contribution >= 4 is 21.7 Å². The largest absolute Gasteiger partial charge is 0.366 e. The number of anilines is 1. The van der Waals surface area contributed by atoms with Gasteiger partial charge < -0.3 is 5.32 Å². The Kier molecular flexibility index (Phi) is 4.43. The van der Waals surface area contributed by atoms with Gasteiger partial charge in [0.1, 0.15) is 16.2 Å². The Morgan fingerprint density at radius 2 is 1.75 bits per heavy atom. The Balaban J connectivity index is 2.13. The molecule has 1 heterocycles. The lowest BCUT2D eigenvalue weighted by Gasteiger charge is -2.18. The molecule has 0 bridgehead atoms. The number of halogens is 1. The Labute approximate surface area is 129 Å². The summed E-state index contributed by atoms with van der Waals surface area (Å²) in [6.07, 6.45) is 0. The van der Waals surface area contributed by atoms with Crippen molar-refractivity contribution in [1.82, 2.24) is 9.97 Å². The minimum atomic E-state index is -0.0654. The highest BCUT2D eigenvalue weighted by Gasteiger charge is 2.18. The Morgan fingerprint density at radius 1 is 1.10 bits per heavy atom. The Morgan fingerprint density at radius 3 is 2.35 bits per heavy atom. The first-order chi connectivity index (χ1) is 9.34. The monoisotopic (exact) mass is 333 g/mol. The van der Waals surface area contributed by atoms with Crippen molar-refractivity contribution < 1.29 is 0 Å². The molecule has 4 heteroatoms. The SMILES string of the molecule is Cc1ccc(CNc2cc(Br)nc(C(C)(C)C)n2)cc1. The third-order valence-electron chi connectivity index (χ3n) is 2.96. The fourth-order valence-electron chi connectivity index (χ4n) is 1.74. The van der Waals surface area contributed by atoms with Crippen LogP contribution in [-0.4, -0.2) is 9.97 Å². The molecule has 2 aromatic rings. The molecular weight excluding hydrogens is 314 g/mol. The van der Waals surface area contributed by atoms with E-state index < -0.39 is 0 Å². The second-order valence-corrected chi connectivity index (χ2v) is 6.80. The normalized spacial score (nSPS) is 11.4. The third-order valence-corrected chi connectivity index (χ3v) is 3.37. The number of benzene rings is 1. The zero-order chi connectivity index (χ0) is 14.8. The molecule has 2 rings (SSSR count). The van der Waals surface area contributed by atoms with Crippen molar-refractivity contribution in [3.8, 4) is 0 Å². The summed E-state index contributed by atoms with van der Waals surface area (Å²) in [6, 6.07) is 10.4. The summed E-state index contributed by atoms with van der Waals surface area (Å²) in [5.41, 5.74) is 2.44. The van der Waals surface area contributed by atoms with E-state index in [9.17, 15) is 0 Å². The summed E-state index contributed by atoms with van der Waals surface area (Å²) in [4.78, 5) is 9.02. The highest BCUT2D eigenvalue weighted by atomic mass is 79.9. The first kappa shape index (κ1) is 15.0. The average Bonchev–Trinajstić information content (AvgIpc) is 2.36. The first-order valence-corrected chi connectivity index (χ1v) is 7.48. The molecule has 20 heavy (non-hydrogen) atoms. The van der Waals surface area contributed by atoms with Gasteiger partial charge in [-0.2, -0.15) is 0 Å². The van der Waals surface area contributed by atoms with Crippen LogP contribution in [0.3, 0.4) is 0 Å². The maximum Gasteiger partial charge on any atom is 0.137 e. The number of hydrogen-bond acceptors (Lipinski definition) is 3. The minimum absolute atomic E-state index is 0.0654. The van der Waals surface area contributed by atoms with E-state index in [2.05, 4.69) is 83.2 Å².